The number of nitrogens with one attached hydrogen (secondary N) is 1. The molecule has 0 aromatic heterocycles. The number of rotatable bonds is 6. The molecule has 0 saturated heterocycles. The summed E-state index contributed by atoms with van der Waals surface area (Å²) >= 11 is 0. The van der Waals surface area contributed by atoms with Crippen LogP contribution in [0.15, 0.2) is 24.3 Å². The van der Waals surface area contributed by atoms with Crippen molar-refractivity contribution in [3.8, 4) is 11.8 Å². The van der Waals surface area contributed by atoms with Crippen molar-refractivity contribution >= 4 is 0 Å². The molecule has 0 spiro atoms. The molecule has 0 bridgehead atoms. The first-order chi connectivity index (χ1) is 9.83. The first-order valence-electron chi connectivity index (χ1n) is 7.64. The Labute approximate surface area is 121 Å². The fourth-order valence-corrected chi connectivity index (χ4v) is 3.00. The molecule has 1 saturated carbocycles. The predicted molar refractivity (Wildman–Crippen MR) is 80.4 cm³/mol. The standard InChI is InChI=1S/C17H24N2O/c1-2-14-6-5-8-16(12-14)19-13-15-7-3-4-9-17(15)20-11-10-18/h3-4,7,9,14,16,19H,2,5-6,8,11-13H2,1H3. The highest BCUT2D eigenvalue weighted by Gasteiger charge is 2.20. The number of benzene rings is 1. The van der Waals surface area contributed by atoms with Crippen molar-refractivity contribution in [1.29, 1.82) is 5.26 Å². The summed E-state index contributed by atoms with van der Waals surface area (Å²) in [7, 11) is 0. The van der Waals surface area contributed by atoms with Gasteiger partial charge in [-0.05, 0) is 24.8 Å². The second-order valence-corrected chi connectivity index (χ2v) is 5.57. The Balaban J connectivity index is 1.88. The van der Waals surface area contributed by atoms with Gasteiger partial charge in [-0.25, -0.2) is 0 Å². The van der Waals surface area contributed by atoms with Gasteiger partial charge in [-0.15, -0.1) is 0 Å². The quantitative estimate of drug-likeness (QED) is 0.859. The van der Waals surface area contributed by atoms with E-state index < -0.39 is 0 Å². The molecule has 0 heterocycles. The highest BCUT2D eigenvalue weighted by atomic mass is 16.5. The van der Waals surface area contributed by atoms with Crippen LogP contribution in [-0.4, -0.2) is 12.6 Å². The summed E-state index contributed by atoms with van der Waals surface area (Å²) in [4.78, 5) is 0. The zero-order valence-electron chi connectivity index (χ0n) is 12.3. The Kier molecular flexibility index (Phi) is 5.88. The van der Waals surface area contributed by atoms with Crippen molar-refractivity contribution in [1.82, 2.24) is 5.32 Å². The molecule has 3 heteroatoms. The van der Waals surface area contributed by atoms with E-state index in [2.05, 4.69) is 18.3 Å². The summed E-state index contributed by atoms with van der Waals surface area (Å²) in [6.07, 6.45) is 6.58. The summed E-state index contributed by atoms with van der Waals surface area (Å²) in [5.41, 5.74) is 1.14. The minimum atomic E-state index is 0.109. The van der Waals surface area contributed by atoms with Gasteiger partial charge in [0.25, 0.3) is 0 Å². The molecule has 2 unspecified atom stereocenters. The van der Waals surface area contributed by atoms with Crippen LogP contribution in [0, 0.1) is 17.2 Å². The third kappa shape index (κ3) is 4.25. The van der Waals surface area contributed by atoms with E-state index in [0.29, 0.717) is 6.04 Å². The Morgan fingerprint density at radius 1 is 1.35 bits per heavy atom. The highest BCUT2D eigenvalue weighted by Crippen LogP contribution is 2.27. The first-order valence-corrected chi connectivity index (χ1v) is 7.64. The van der Waals surface area contributed by atoms with Gasteiger partial charge in [-0.3, -0.25) is 0 Å². The molecule has 1 N–H and O–H groups in total. The number of ether oxygens (including phenoxy) is 1. The smallest absolute Gasteiger partial charge is 0.174 e. The van der Waals surface area contributed by atoms with Crippen LogP contribution in [0.4, 0.5) is 0 Å². The van der Waals surface area contributed by atoms with E-state index in [4.69, 9.17) is 10.00 Å². The van der Waals surface area contributed by atoms with E-state index in [-0.39, 0.29) is 6.61 Å². The summed E-state index contributed by atoms with van der Waals surface area (Å²) in [6, 6.07) is 10.6. The average Bonchev–Trinajstić information content (AvgIpc) is 2.52. The molecule has 1 aromatic carbocycles. The van der Waals surface area contributed by atoms with Crippen LogP contribution in [-0.2, 0) is 6.54 Å². The highest BCUT2D eigenvalue weighted by molar-refractivity contribution is 5.33. The minimum absolute atomic E-state index is 0.109. The van der Waals surface area contributed by atoms with Crippen molar-refractivity contribution in [2.24, 2.45) is 5.92 Å². The lowest BCUT2D eigenvalue weighted by Gasteiger charge is -2.29. The zero-order valence-corrected chi connectivity index (χ0v) is 12.3. The van der Waals surface area contributed by atoms with Gasteiger partial charge in [-0.2, -0.15) is 5.26 Å². The van der Waals surface area contributed by atoms with Gasteiger partial charge < -0.3 is 10.1 Å². The largest absolute Gasteiger partial charge is 0.478 e. The third-order valence-electron chi connectivity index (χ3n) is 4.21. The molecule has 20 heavy (non-hydrogen) atoms. The van der Waals surface area contributed by atoms with E-state index >= 15 is 0 Å². The van der Waals surface area contributed by atoms with Gasteiger partial charge in [0.2, 0.25) is 0 Å². The van der Waals surface area contributed by atoms with Crippen molar-refractivity contribution < 1.29 is 4.74 Å². The summed E-state index contributed by atoms with van der Waals surface area (Å²) < 4.78 is 5.47. The number of hydrogen-bond acceptors (Lipinski definition) is 3. The molecule has 108 valence electrons. The van der Waals surface area contributed by atoms with Crippen molar-refractivity contribution in [3.63, 3.8) is 0 Å². The second kappa shape index (κ2) is 7.91. The van der Waals surface area contributed by atoms with Gasteiger partial charge >= 0.3 is 0 Å². The van der Waals surface area contributed by atoms with Gasteiger partial charge in [-0.1, -0.05) is 44.4 Å². The molecule has 0 radical (unpaired) electrons. The van der Waals surface area contributed by atoms with E-state index in [1.165, 1.54) is 32.1 Å². The number of para-hydroxylation sites is 1. The second-order valence-electron chi connectivity index (χ2n) is 5.57. The maximum absolute atomic E-state index is 8.62. The molecule has 2 atom stereocenters. The van der Waals surface area contributed by atoms with Crippen molar-refractivity contribution in [2.45, 2.75) is 51.6 Å². The molecular formula is C17H24N2O. The van der Waals surface area contributed by atoms with Crippen molar-refractivity contribution in [3.05, 3.63) is 29.8 Å². The van der Waals surface area contributed by atoms with Gasteiger partial charge in [0, 0.05) is 18.2 Å². The molecule has 1 aromatic rings. The van der Waals surface area contributed by atoms with Crippen LogP contribution in [0.2, 0.25) is 0 Å². The monoisotopic (exact) mass is 272 g/mol. The number of hydrogen-bond donors (Lipinski definition) is 1. The van der Waals surface area contributed by atoms with Crippen molar-refractivity contribution in [2.75, 3.05) is 6.61 Å². The number of nitriles is 1. The van der Waals surface area contributed by atoms with E-state index in [1.807, 2.05) is 24.3 Å². The maximum atomic E-state index is 8.62. The SMILES string of the molecule is CCC1CCCC(NCc2ccccc2OCC#N)C1. The summed E-state index contributed by atoms with van der Waals surface area (Å²) in [5, 5.41) is 12.3. The molecule has 1 fully saturated rings. The molecule has 1 aliphatic carbocycles. The molecular weight excluding hydrogens is 248 g/mol. The Morgan fingerprint density at radius 2 is 2.20 bits per heavy atom. The third-order valence-corrected chi connectivity index (χ3v) is 4.21. The summed E-state index contributed by atoms with van der Waals surface area (Å²) in [5.74, 6) is 1.70. The van der Waals surface area contributed by atoms with Crippen LogP contribution < -0.4 is 10.1 Å². The van der Waals surface area contributed by atoms with Gasteiger partial charge in [0.15, 0.2) is 6.61 Å². The van der Waals surface area contributed by atoms with Crippen LogP contribution >= 0.6 is 0 Å². The van der Waals surface area contributed by atoms with Crippen LogP contribution in [0.1, 0.15) is 44.6 Å². The molecule has 0 aliphatic heterocycles. The predicted octanol–water partition coefficient (Wildman–Crippen LogP) is 3.65. The van der Waals surface area contributed by atoms with E-state index in [1.54, 1.807) is 0 Å². The Bertz CT molecular complexity index is 453. The minimum Gasteiger partial charge on any atom is -0.478 e. The first kappa shape index (κ1) is 14.9. The van der Waals surface area contributed by atoms with E-state index in [0.717, 1.165) is 23.8 Å². The fourth-order valence-electron chi connectivity index (χ4n) is 3.00. The normalized spacial score (nSPS) is 22.2. The summed E-state index contributed by atoms with van der Waals surface area (Å²) in [6.45, 7) is 3.22. The zero-order chi connectivity index (χ0) is 14.2. The van der Waals surface area contributed by atoms with Crippen LogP contribution in [0.3, 0.4) is 0 Å². The molecule has 0 amide bonds. The van der Waals surface area contributed by atoms with Crippen LogP contribution in [0.5, 0.6) is 5.75 Å². The van der Waals surface area contributed by atoms with Crippen LogP contribution in [0.25, 0.3) is 0 Å². The van der Waals surface area contributed by atoms with Gasteiger partial charge in [0.05, 0.1) is 0 Å². The topological polar surface area (TPSA) is 45.0 Å². The Morgan fingerprint density at radius 3 is 3.00 bits per heavy atom. The van der Waals surface area contributed by atoms with Gasteiger partial charge in [0.1, 0.15) is 11.8 Å². The fraction of sp³-hybridized carbons (Fsp3) is 0.588. The molecule has 3 nitrogen and oxygen atoms in total. The lowest BCUT2D eigenvalue weighted by molar-refractivity contribution is 0.277. The number of nitrogens with zero attached hydrogens (tertiary/aromatic N) is 1. The lowest BCUT2D eigenvalue weighted by atomic mass is 9.84. The molecule has 1 aliphatic rings. The molecule has 2 rings (SSSR count). The van der Waals surface area contributed by atoms with E-state index in [9.17, 15) is 0 Å². The lowest BCUT2D eigenvalue weighted by Crippen LogP contribution is -2.33. The Hall–Kier alpha value is -1.53. The average molecular weight is 272 g/mol. The maximum Gasteiger partial charge on any atom is 0.174 e.